The van der Waals surface area contributed by atoms with Crippen molar-refractivity contribution in [2.45, 2.75) is 136 Å². The van der Waals surface area contributed by atoms with E-state index in [4.69, 9.17) is 9.47 Å². The van der Waals surface area contributed by atoms with Crippen molar-refractivity contribution in [3.8, 4) is 22.6 Å². The summed E-state index contributed by atoms with van der Waals surface area (Å²) in [5, 5.41) is 0. The van der Waals surface area contributed by atoms with E-state index in [-0.39, 0.29) is 0 Å². The standard InChI is InChI=1S/C46H58N2O2S2/c1-3-5-7-9-11-19-27-47-37-23-15-17-25-43(37)51-45-31-35-36-32-46-40(34-42(36)50-30-22-14-13-21-29-49-41(35)33-39(45)47)48(28-20-12-10-8-6-4-2)38-24-16-18-26-44(38)52-46/h15-18,23-26,31-34H,3-14,19-22,27-30H2,1-2H3. The second-order valence-corrected chi connectivity index (χ2v) is 16.9. The van der Waals surface area contributed by atoms with Gasteiger partial charge in [-0.05, 0) is 74.9 Å². The molecule has 0 saturated carbocycles. The fourth-order valence-corrected chi connectivity index (χ4v) is 10.1. The fraction of sp³-hybridized carbons (Fsp3) is 0.478. The Kier molecular flexibility index (Phi) is 13.3. The Labute approximate surface area is 322 Å². The molecule has 0 aliphatic carbocycles. The second kappa shape index (κ2) is 18.7. The summed E-state index contributed by atoms with van der Waals surface area (Å²) in [6, 6.07) is 27.4. The van der Waals surface area contributed by atoms with E-state index in [2.05, 4.69) is 96.4 Å². The van der Waals surface area contributed by atoms with Crippen LogP contribution < -0.4 is 19.3 Å². The van der Waals surface area contributed by atoms with Gasteiger partial charge >= 0.3 is 0 Å². The van der Waals surface area contributed by atoms with Gasteiger partial charge in [0.2, 0.25) is 0 Å². The molecule has 0 radical (unpaired) electrons. The summed E-state index contributed by atoms with van der Waals surface area (Å²) in [5.74, 6) is 1.95. The fourth-order valence-electron chi connectivity index (χ4n) is 7.88. The zero-order valence-electron chi connectivity index (χ0n) is 31.6. The average Bonchev–Trinajstić information content (AvgIpc) is 3.17. The van der Waals surface area contributed by atoms with Gasteiger partial charge in [0.1, 0.15) is 11.5 Å². The maximum atomic E-state index is 6.80. The molecule has 0 saturated heterocycles. The van der Waals surface area contributed by atoms with E-state index in [9.17, 15) is 0 Å². The van der Waals surface area contributed by atoms with Crippen molar-refractivity contribution in [2.75, 3.05) is 36.1 Å². The molecular weight excluding hydrogens is 677 g/mol. The maximum Gasteiger partial charge on any atom is 0.129 e. The normalized spacial score (nSPS) is 15.0. The van der Waals surface area contributed by atoms with Gasteiger partial charge in [-0.1, -0.05) is 126 Å². The summed E-state index contributed by atoms with van der Waals surface area (Å²) in [5.41, 5.74) is 7.48. The minimum Gasteiger partial charge on any atom is -0.493 e. The Morgan fingerprint density at radius 1 is 0.462 bits per heavy atom. The number of rotatable bonds is 14. The third kappa shape index (κ3) is 8.76. The third-order valence-electron chi connectivity index (χ3n) is 10.8. The number of fused-ring (bicyclic) bond motifs is 7. The molecule has 52 heavy (non-hydrogen) atoms. The first-order valence-corrected chi connectivity index (χ1v) is 22.1. The topological polar surface area (TPSA) is 24.9 Å². The summed E-state index contributed by atoms with van der Waals surface area (Å²) >= 11 is 3.79. The Bertz CT molecular complexity index is 1640. The summed E-state index contributed by atoms with van der Waals surface area (Å²) in [7, 11) is 0. The van der Waals surface area contributed by atoms with Crippen LogP contribution in [-0.2, 0) is 0 Å². The second-order valence-electron chi connectivity index (χ2n) is 14.7. The predicted octanol–water partition coefficient (Wildman–Crippen LogP) is 14.6. The van der Waals surface area contributed by atoms with Crippen LogP contribution in [-0.4, -0.2) is 26.3 Å². The molecule has 0 unspecified atom stereocenters. The zero-order chi connectivity index (χ0) is 35.5. The lowest BCUT2D eigenvalue weighted by Gasteiger charge is -2.35. The molecule has 3 aliphatic rings. The molecule has 0 atom stereocenters. The van der Waals surface area contributed by atoms with Gasteiger partial charge in [-0.3, -0.25) is 0 Å². The summed E-state index contributed by atoms with van der Waals surface area (Å²) in [4.78, 5) is 10.4. The van der Waals surface area contributed by atoms with Crippen molar-refractivity contribution >= 4 is 46.3 Å². The van der Waals surface area contributed by atoms with Crippen molar-refractivity contribution in [1.29, 1.82) is 0 Å². The molecule has 3 heterocycles. The van der Waals surface area contributed by atoms with Gasteiger partial charge in [-0.15, -0.1) is 0 Å². The number of hydrogen-bond acceptors (Lipinski definition) is 6. The average molecular weight is 735 g/mol. The molecule has 0 aromatic heterocycles. The van der Waals surface area contributed by atoms with Crippen molar-refractivity contribution < 1.29 is 9.47 Å². The molecule has 0 fully saturated rings. The minimum atomic E-state index is 0.738. The molecule has 0 bridgehead atoms. The molecule has 0 amide bonds. The predicted molar refractivity (Wildman–Crippen MR) is 223 cm³/mol. The molecule has 4 aromatic carbocycles. The van der Waals surface area contributed by atoms with Crippen molar-refractivity contribution in [2.24, 2.45) is 0 Å². The quantitative estimate of drug-likeness (QED) is 0.120. The highest BCUT2D eigenvalue weighted by atomic mass is 32.2. The number of unbranched alkanes of at least 4 members (excludes halogenated alkanes) is 10. The SMILES string of the molecule is CCCCCCCCN1c2ccccc2Sc2cc3c(cc21)OCCCCCCOc1cc2c(cc1-3)Sc1ccccc1N2CCCCCCCC. The Morgan fingerprint density at radius 2 is 0.885 bits per heavy atom. The van der Waals surface area contributed by atoms with E-state index >= 15 is 0 Å². The Balaban J connectivity index is 1.27. The smallest absolute Gasteiger partial charge is 0.129 e. The van der Waals surface area contributed by atoms with E-state index in [1.807, 2.05) is 23.5 Å². The Hall–Kier alpha value is -3.22. The van der Waals surface area contributed by atoms with Crippen molar-refractivity contribution in [3.05, 3.63) is 72.8 Å². The highest BCUT2D eigenvalue weighted by Gasteiger charge is 2.29. The van der Waals surface area contributed by atoms with Crippen molar-refractivity contribution in [3.63, 3.8) is 0 Å². The van der Waals surface area contributed by atoms with Gasteiger partial charge in [0.15, 0.2) is 0 Å². The van der Waals surface area contributed by atoms with Gasteiger partial charge in [0.05, 0.1) is 36.0 Å². The number of para-hydroxylation sites is 2. The van der Waals surface area contributed by atoms with E-state index in [1.54, 1.807) is 0 Å². The zero-order valence-corrected chi connectivity index (χ0v) is 33.2. The Morgan fingerprint density at radius 3 is 1.35 bits per heavy atom. The lowest BCUT2D eigenvalue weighted by atomic mass is 10.00. The number of ether oxygens (including phenoxy) is 2. The van der Waals surface area contributed by atoms with E-state index in [1.165, 1.54) is 119 Å². The van der Waals surface area contributed by atoms with E-state index < -0.39 is 0 Å². The van der Waals surface area contributed by atoms with Crippen LogP contribution in [0, 0.1) is 0 Å². The van der Waals surface area contributed by atoms with Crippen LogP contribution in [0.1, 0.15) is 117 Å². The lowest BCUT2D eigenvalue weighted by molar-refractivity contribution is 0.285. The van der Waals surface area contributed by atoms with Crippen LogP contribution in [0.25, 0.3) is 11.1 Å². The molecule has 4 nitrogen and oxygen atoms in total. The van der Waals surface area contributed by atoms with Crippen LogP contribution in [0.2, 0.25) is 0 Å². The van der Waals surface area contributed by atoms with Gasteiger partial charge in [-0.2, -0.15) is 0 Å². The van der Waals surface area contributed by atoms with Crippen LogP contribution >= 0.6 is 23.5 Å². The van der Waals surface area contributed by atoms with Crippen LogP contribution in [0.15, 0.2) is 92.4 Å². The molecule has 0 spiro atoms. The maximum absolute atomic E-state index is 6.80. The highest BCUT2D eigenvalue weighted by molar-refractivity contribution is 8.00. The van der Waals surface area contributed by atoms with Gasteiger partial charge in [0, 0.05) is 55.9 Å². The molecular formula is C46H58N2O2S2. The van der Waals surface area contributed by atoms with E-state index in [0.29, 0.717) is 0 Å². The van der Waals surface area contributed by atoms with Crippen LogP contribution in [0.3, 0.4) is 0 Å². The highest BCUT2D eigenvalue weighted by Crippen LogP contribution is 2.55. The number of anilines is 4. The summed E-state index contributed by atoms with van der Waals surface area (Å²) in [6.07, 6.45) is 19.9. The third-order valence-corrected chi connectivity index (χ3v) is 13.0. The molecule has 0 N–H and O–H groups in total. The lowest BCUT2D eigenvalue weighted by Crippen LogP contribution is -2.22. The molecule has 3 aliphatic heterocycles. The first kappa shape index (κ1) is 37.1. The number of nitrogens with zero attached hydrogens (tertiary/aromatic N) is 2. The molecule has 276 valence electrons. The summed E-state index contributed by atoms with van der Waals surface area (Å²) in [6.45, 7) is 8.11. The van der Waals surface area contributed by atoms with Gasteiger partial charge in [0.25, 0.3) is 0 Å². The monoisotopic (exact) mass is 734 g/mol. The first-order valence-electron chi connectivity index (χ1n) is 20.5. The van der Waals surface area contributed by atoms with E-state index in [0.717, 1.165) is 74.6 Å². The molecule has 4 aromatic rings. The van der Waals surface area contributed by atoms with Gasteiger partial charge in [-0.25, -0.2) is 0 Å². The number of benzene rings is 4. The largest absolute Gasteiger partial charge is 0.493 e. The first-order chi connectivity index (χ1) is 25.7. The molecule has 7 rings (SSSR count). The van der Waals surface area contributed by atoms with Crippen LogP contribution in [0.4, 0.5) is 22.7 Å². The summed E-state index contributed by atoms with van der Waals surface area (Å²) < 4.78 is 13.6. The van der Waals surface area contributed by atoms with Crippen LogP contribution in [0.5, 0.6) is 11.5 Å². The van der Waals surface area contributed by atoms with Gasteiger partial charge < -0.3 is 19.3 Å². The minimum absolute atomic E-state index is 0.738. The van der Waals surface area contributed by atoms with Crippen molar-refractivity contribution in [1.82, 2.24) is 0 Å². The molecule has 6 heteroatoms. The number of hydrogen-bond donors (Lipinski definition) is 0.